The summed E-state index contributed by atoms with van der Waals surface area (Å²) in [5.41, 5.74) is 0.531. The molecule has 6 nitrogen and oxygen atoms in total. The van der Waals surface area contributed by atoms with Gasteiger partial charge in [-0.3, -0.25) is 14.4 Å². The SMILES string of the molecule is O=C(Cc1cccc(F)c1)NCC(=O)N[C@@H]1CC[C@H](C(=O)O)C1. The molecular formula is C16H19FN2O4. The quantitative estimate of drug-likeness (QED) is 0.724. The third kappa shape index (κ3) is 5.36. The normalized spacial score (nSPS) is 20.0. The van der Waals surface area contributed by atoms with Crippen LogP contribution in [0, 0.1) is 11.7 Å². The van der Waals surface area contributed by atoms with Crippen molar-refractivity contribution in [3.05, 3.63) is 35.6 Å². The van der Waals surface area contributed by atoms with Crippen molar-refractivity contribution < 1.29 is 23.9 Å². The summed E-state index contributed by atoms with van der Waals surface area (Å²) in [6.07, 6.45) is 1.58. The number of rotatable bonds is 6. The zero-order chi connectivity index (χ0) is 16.8. The molecule has 3 N–H and O–H groups in total. The standard InChI is InChI=1S/C16H19FN2O4/c17-12-3-1-2-10(6-12)7-14(20)18-9-15(21)19-13-5-4-11(8-13)16(22)23/h1-3,6,11,13H,4-5,7-9H2,(H,18,20)(H,19,21)(H,22,23)/t11-,13+/m0/s1. The molecule has 0 spiro atoms. The predicted octanol–water partition coefficient (Wildman–Crippen LogP) is 0.854. The number of aliphatic carboxylic acids is 1. The van der Waals surface area contributed by atoms with Crippen LogP contribution >= 0.6 is 0 Å². The van der Waals surface area contributed by atoms with Crippen LogP contribution in [-0.4, -0.2) is 35.5 Å². The number of nitrogens with one attached hydrogen (secondary N) is 2. The molecule has 23 heavy (non-hydrogen) atoms. The second-order valence-corrected chi connectivity index (χ2v) is 5.70. The van der Waals surface area contributed by atoms with E-state index in [9.17, 15) is 18.8 Å². The van der Waals surface area contributed by atoms with E-state index in [1.807, 2.05) is 0 Å². The highest BCUT2D eigenvalue weighted by Gasteiger charge is 2.30. The van der Waals surface area contributed by atoms with Crippen LogP contribution in [0.1, 0.15) is 24.8 Å². The van der Waals surface area contributed by atoms with Gasteiger partial charge in [-0.25, -0.2) is 4.39 Å². The lowest BCUT2D eigenvalue weighted by atomic mass is 10.1. The fraction of sp³-hybridized carbons (Fsp3) is 0.438. The van der Waals surface area contributed by atoms with Gasteiger partial charge in [0.25, 0.3) is 0 Å². The Hall–Kier alpha value is -2.44. The number of carboxylic acids is 1. The van der Waals surface area contributed by atoms with Crippen LogP contribution in [0.3, 0.4) is 0 Å². The molecule has 0 bridgehead atoms. The molecule has 0 aliphatic heterocycles. The molecule has 0 saturated heterocycles. The molecule has 7 heteroatoms. The van der Waals surface area contributed by atoms with E-state index in [-0.39, 0.29) is 30.8 Å². The molecule has 124 valence electrons. The Kier molecular flexibility index (Phi) is 5.67. The van der Waals surface area contributed by atoms with Gasteiger partial charge in [0.2, 0.25) is 11.8 Å². The molecule has 0 radical (unpaired) electrons. The Morgan fingerprint density at radius 3 is 2.65 bits per heavy atom. The molecule has 1 aromatic rings. The molecule has 1 aliphatic rings. The van der Waals surface area contributed by atoms with Gasteiger partial charge in [0, 0.05) is 6.04 Å². The third-order valence-corrected chi connectivity index (χ3v) is 3.85. The summed E-state index contributed by atoms with van der Waals surface area (Å²) in [5.74, 6) is -2.40. The van der Waals surface area contributed by atoms with E-state index in [0.29, 0.717) is 24.8 Å². The second-order valence-electron chi connectivity index (χ2n) is 5.70. The number of hydrogen-bond donors (Lipinski definition) is 3. The van der Waals surface area contributed by atoms with Crippen LogP contribution in [0.15, 0.2) is 24.3 Å². The van der Waals surface area contributed by atoms with Crippen LogP contribution in [0.5, 0.6) is 0 Å². The summed E-state index contributed by atoms with van der Waals surface area (Å²) < 4.78 is 13.0. The molecule has 1 aromatic carbocycles. The minimum absolute atomic E-state index is 0.00441. The van der Waals surface area contributed by atoms with Crippen LogP contribution in [0.25, 0.3) is 0 Å². The lowest BCUT2D eigenvalue weighted by Crippen LogP contribution is -2.41. The zero-order valence-electron chi connectivity index (χ0n) is 12.5. The summed E-state index contributed by atoms with van der Waals surface area (Å²) in [7, 11) is 0. The van der Waals surface area contributed by atoms with Gasteiger partial charge in [-0.05, 0) is 37.0 Å². The number of hydrogen-bond acceptors (Lipinski definition) is 3. The van der Waals surface area contributed by atoms with Crippen LogP contribution in [0.2, 0.25) is 0 Å². The Bertz CT molecular complexity index is 605. The molecule has 2 amide bonds. The fourth-order valence-electron chi connectivity index (χ4n) is 2.69. The van der Waals surface area contributed by atoms with Crippen molar-refractivity contribution in [1.82, 2.24) is 10.6 Å². The van der Waals surface area contributed by atoms with Crippen LogP contribution < -0.4 is 10.6 Å². The number of carboxylic acid groups (broad SMARTS) is 1. The minimum Gasteiger partial charge on any atom is -0.481 e. The average Bonchev–Trinajstić information content (AvgIpc) is 2.94. The van der Waals surface area contributed by atoms with Crippen LogP contribution in [0.4, 0.5) is 4.39 Å². The fourth-order valence-corrected chi connectivity index (χ4v) is 2.69. The monoisotopic (exact) mass is 322 g/mol. The van der Waals surface area contributed by atoms with Gasteiger partial charge in [-0.1, -0.05) is 12.1 Å². The van der Waals surface area contributed by atoms with E-state index < -0.39 is 17.7 Å². The Morgan fingerprint density at radius 2 is 2.00 bits per heavy atom. The van der Waals surface area contributed by atoms with Gasteiger partial charge in [0.15, 0.2) is 0 Å². The summed E-state index contributed by atoms with van der Waals surface area (Å²) in [4.78, 5) is 34.3. The predicted molar refractivity (Wildman–Crippen MR) is 80.0 cm³/mol. The van der Waals surface area contributed by atoms with Crippen molar-refractivity contribution in [2.24, 2.45) is 5.92 Å². The maximum Gasteiger partial charge on any atom is 0.306 e. The minimum atomic E-state index is -0.842. The highest BCUT2D eigenvalue weighted by atomic mass is 19.1. The topological polar surface area (TPSA) is 95.5 Å². The molecule has 0 aromatic heterocycles. The molecule has 1 aliphatic carbocycles. The third-order valence-electron chi connectivity index (χ3n) is 3.85. The average molecular weight is 322 g/mol. The van der Waals surface area contributed by atoms with E-state index in [1.165, 1.54) is 18.2 Å². The summed E-state index contributed by atoms with van der Waals surface area (Å²) in [6.45, 7) is -0.178. The number of benzene rings is 1. The van der Waals surface area contributed by atoms with Gasteiger partial charge in [0.05, 0.1) is 18.9 Å². The Balaban J connectivity index is 1.70. The number of carbonyl (C=O) groups is 3. The smallest absolute Gasteiger partial charge is 0.306 e. The van der Waals surface area contributed by atoms with Crippen molar-refractivity contribution >= 4 is 17.8 Å². The molecule has 1 saturated carbocycles. The molecule has 2 atom stereocenters. The van der Waals surface area contributed by atoms with Gasteiger partial charge in [-0.15, -0.1) is 0 Å². The molecule has 0 heterocycles. The molecule has 2 rings (SSSR count). The zero-order valence-corrected chi connectivity index (χ0v) is 12.5. The summed E-state index contributed by atoms with van der Waals surface area (Å²) in [6, 6.07) is 5.55. The van der Waals surface area contributed by atoms with E-state index >= 15 is 0 Å². The van der Waals surface area contributed by atoms with Crippen molar-refractivity contribution in [2.75, 3.05) is 6.54 Å². The second kappa shape index (κ2) is 7.71. The maximum atomic E-state index is 13.0. The molecular weight excluding hydrogens is 303 g/mol. The lowest BCUT2D eigenvalue weighted by Gasteiger charge is -2.13. The Labute approximate surface area is 133 Å². The number of amides is 2. The first-order valence-electron chi connectivity index (χ1n) is 7.47. The van der Waals surface area contributed by atoms with E-state index in [2.05, 4.69) is 10.6 Å². The van der Waals surface area contributed by atoms with Crippen molar-refractivity contribution in [2.45, 2.75) is 31.7 Å². The first-order valence-corrected chi connectivity index (χ1v) is 7.47. The van der Waals surface area contributed by atoms with Gasteiger partial charge in [-0.2, -0.15) is 0 Å². The molecule has 1 fully saturated rings. The largest absolute Gasteiger partial charge is 0.481 e. The van der Waals surface area contributed by atoms with E-state index in [0.717, 1.165) is 0 Å². The first-order chi connectivity index (χ1) is 10.9. The number of halogens is 1. The van der Waals surface area contributed by atoms with Crippen molar-refractivity contribution in [3.63, 3.8) is 0 Å². The highest BCUT2D eigenvalue weighted by Crippen LogP contribution is 2.25. The number of carbonyl (C=O) groups excluding carboxylic acids is 2. The van der Waals surface area contributed by atoms with Crippen LogP contribution in [-0.2, 0) is 20.8 Å². The first kappa shape index (κ1) is 16.9. The molecule has 0 unspecified atom stereocenters. The van der Waals surface area contributed by atoms with Crippen molar-refractivity contribution in [1.29, 1.82) is 0 Å². The maximum absolute atomic E-state index is 13.0. The Morgan fingerprint density at radius 1 is 1.22 bits per heavy atom. The van der Waals surface area contributed by atoms with E-state index in [4.69, 9.17) is 5.11 Å². The highest BCUT2D eigenvalue weighted by molar-refractivity contribution is 5.85. The van der Waals surface area contributed by atoms with Gasteiger partial charge in [0.1, 0.15) is 5.82 Å². The van der Waals surface area contributed by atoms with Gasteiger partial charge >= 0.3 is 5.97 Å². The van der Waals surface area contributed by atoms with Gasteiger partial charge < -0.3 is 15.7 Å². The summed E-state index contributed by atoms with van der Waals surface area (Å²) in [5, 5.41) is 14.1. The van der Waals surface area contributed by atoms with Crippen molar-refractivity contribution in [3.8, 4) is 0 Å². The summed E-state index contributed by atoms with van der Waals surface area (Å²) >= 11 is 0. The lowest BCUT2D eigenvalue weighted by molar-refractivity contribution is -0.141. The van der Waals surface area contributed by atoms with E-state index in [1.54, 1.807) is 6.07 Å².